The van der Waals surface area contributed by atoms with Crippen LogP contribution < -0.4 is 10.6 Å². The fourth-order valence-electron chi connectivity index (χ4n) is 4.27. The summed E-state index contributed by atoms with van der Waals surface area (Å²) in [4.78, 5) is 27.9. The average molecular weight is 441 g/mol. The SMILES string of the molecule is CCOC(=O)C1=C(N)N(c2ccc(Cl)cc2)C2=C(C(=O)CCC2)[C@H]1c1ccc(F)cc1. The molecule has 2 aromatic carbocycles. The van der Waals surface area contributed by atoms with Crippen molar-refractivity contribution in [1.82, 2.24) is 0 Å². The van der Waals surface area contributed by atoms with E-state index in [0.29, 0.717) is 41.1 Å². The molecule has 0 spiro atoms. The molecule has 160 valence electrons. The molecule has 2 aromatic rings. The molecule has 1 atom stereocenters. The lowest BCUT2D eigenvalue weighted by Gasteiger charge is -2.40. The van der Waals surface area contributed by atoms with Gasteiger partial charge in [0.2, 0.25) is 0 Å². The van der Waals surface area contributed by atoms with Gasteiger partial charge in [-0.05, 0) is 61.7 Å². The number of hydrogen-bond donors (Lipinski definition) is 1. The number of nitrogens with two attached hydrogens (primary N) is 1. The molecule has 0 aromatic heterocycles. The summed E-state index contributed by atoms with van der Waals surface area (Å²) in [6, 6.07) is 12.8. The van der Waals surface area contributed by atoms with E-state index in [1.807, 2.05) is 0 Å². The number of Topliss-reactive ketones (excluding diaryl/α,β-unsaturated/α-hetero) is 1. The Kier molecular flexibility index (Phi) is 5.83. The number of hydrogen-bond acceptors (Lipinski definition) is 5. The molecule has 1 aliphatic carbocycles. The maximum Gasteiger partial charge on any atom is 0.338 e. The minimum Gasteiger partial charge on any atom is -0.463 e. The molecular formula is C24H22ClFN2O3. The van der Waals surface area contributed by atoms with Crippen molar-refractivity contribution >= 4 is 29.0 Å². The Bertz CT molecular complexity index is 1090. The molecule has 4 rings (SSSR count). The van der Waals surface area contributed by atoms with Crippen molar-refractivity contribution < 1.29 is 18.7 Å². The highest BCUT2D eigenvalue weighted by Crippen LogP contribution is 2.46. The van der Waals surface area contributed by atoms with E-state index in [9.17, 15) is 14.0 Å². The van der Waals surface area contributed by atoms with Gasteiger partial charge in [-0.1, -0.05) is 23.7 Å². The summed E-state index contributed by atoms with van der Waals surface area (Å²) in [5.74, 6) is -1.57. The summed E-state index contributed by atoms with van der Waals surface area (Å²) >= 11 is 6.05. The molecule has 0 fully saturated rings. The van der Waals surface area contributed by atoms with Crippen LogP contribution in [0.25, 0.3) is 0 Å². The first-order valence-corrected chi connectivity index (χ1v) is 10.5. The number of ketones is 1. The van der Waals surface area contributed by atoms with Gasteiger partial charge in [0.05, 0.1) is 18.1 Å². The summed E-state index contributed by atoms with van der Waals surface area (Å²) in [6.45, 7) is 1.87. The fourth-order valence-corrected chi connectivity index (χ4v) is 4.40. The van der Waals surface area contributed by atoms with E-state index in [-0.39, 0.29) is 23.8 Å². The first-order valence-electron chi connectivity index (χ1n) is 10.2. The van der Waals surface area contributed by atoms with Crippen LogP contribution in [0.3, 0.4) is 0 Å². The number of carbonyl (C=O) groups excluding carboxylic acids is 2. The molecule has 5 nitrogen and oxygen atoms in total. The Morgan fingerprint density at radius 2 is 1.84 bits per heavy atom. The Balaban J connectivity index is 1.98. The van der Waals surface area contributed by atoms with Gasteiger partial charge in [-0.25, -0.2) is 9.18 Å². The third-order valence-electron chi connectivity index (χ3n) is 5.58. The van der Waals surface area contributed by atoms with Gasteiger partial charge in [-0.2, -0.15) is 0 Å². The van der Waals surface area contributed by atoms with E-state index in [0.717, 1.165) is 5.70 Å². The van der Waals surface area contributed by atoms with Crippen LogP contribution in [0.4, 0.5) is 10.1 Å². The zero-order valence-corrected chi connectivity index (χ0v) is 17.8. The van der Waals surface area contributed by atoms with Crippen LogP contribution >= 0.6 is 11.6 Å². The maximum atomic E-state index is 13.6. The van der Waals surface area contributed by atoms with Crippen molar-refractivity contribution in [2.75, 3.05) is 11.5 Å². The molecule has 0 saturated carbocycles. The van der Waals surface area contributed by atoms with Gasteiger partial charge in [-0.3, -0.25) is 9.69 Å². The number of anilines is 1. The van der Waals surface area contributed by atoms with Gasteiger partial charge in [0.25, 0.3) is 0 Å². The van der Waals surface area contributed by atoms with Crippen LogP contribution in [-0.2, 0) is 14.3 Å². The molecule has 0 radical (unpaired) electrons. The number of halogens is 2. The van der Waals surface area contributed by atoms with E-state index in [4.69, 9.17) is 22.1 Å². The predicted octanol–water partition coefficient (Wildman–Crippen LogP) is 4.82. The smallest absolute Gasteiger partial charge is 0.338 e. The van der Waals surface area contributed by atoms with Gasteiger partial charge in [0.1, 0.15) is 11.6 Å². The van der Waals surface area contributed by atoms with Crippen molar-refractivity contribution in [2.45, 2.75) is 32.1 Å². The first-order chi connectivity index (χ1) is 14.9. The summed E-state index contributed by atoms with van der Waals surface area (Å²) in [6.07, 6.45) is 1.68. The van der Waals surface area contributed by atoms with Crippen LogP contribution in [0.2, 0.25) is 5.02 Å². The zero-order chi connectivity index (χ0) is 22.1. The van der Waals surface area contributed by atoms with Crippen LogP contribution in [0, 0.1) is 5.82 Å². The van der Waals surface area contributed by atoms with Gasteiger partial charge in [-0.15, -0.1) is 0 Å². The minimum atomic E-state index is -0.717. The van der Waals surface area contributed by atoms with Crippen molar-refractivity contribution in [3.05, 3.63) is 87.6 Å². The van der Waals surface area contributed by atoms with Crippen molar-refractivity contribution in [3.8, 4) is 0 Å². The van der Waals surface area contributed by atoms with Gasteiger partial charge < -0.3 is 10.5 Å². The summed E-state index contributed by atoms with van der Waals surface area (Å²) in [5.41, 5.74) is 9.33. The molecule has 7 heteroatoms. The molecule has 0 bridgehead atoms. The monoisotopic (exact) mass is 440 g/mol. The third kappa shape index (κ3) is 3.83. The maximum absolute atomic E-state index is 13.6. The Morgan fingerprint density at radius 1 is 1.16 bits per heavy atom. The number of ether oxygens (including phenoxy) is 1. The second-order valence-corrected chi connectivity index (χ2v) is 7.89. The molecule has 1 aliphatic heterocycles. The Morgan fingerprint density at radius 3 is 2.48 bits per heavy atom. The van der Waals surface area contributed by atoms with Crippen molar-refractivity contribution in [3.63, 3.8) is 0 Å². The Labute approximate surface area is 184 Å². The summed E-state index contributed by atoms with van der Waals surface area (Å²) in [5, 5.41) is 0.562. The average Bonchev–Trinajstić information content (AvgIpc) is 2.75. The second kappa shape index (κ2) is 8.55. The van der Waals surface area contributed by atoms with Crippen LogP contribution in [0.15, 0.2) is 71.2 Å². The topological polar surface area (TPSA) is 72.6 Å². The van der Waals surface area contributed by atoms with Crippen molar-refractivity contribution in [1.29, 1.82) is 0 Å². The minimum absolute atomic E-state index is 0.0520. The molecule has 2 N–H and O–H groups in total. The van der Waals surface area contributed by atoms with E-state index < -0.39 is 17.7 Å². The zero-order valence-electron chi connectivity index (χ0n) is 17.0. The number of nitrogens with zero attached hydrogens (tertiary/aromatic N) is 1. The molecule has 1 heterocycles. The quantitative estimate of drug-likeness (QED) is 0.690. The normalized spacial score (nSPS) is 18.9. The molecule has 0 unspecified atom stereocenters. The second-order valence-electron chi connectivity index (χ2n) is 7.45. The van der Waals surface area contributed by atoms with Crippen LogP contribution in [0.1, 0.15) is 37.7 Å². The van der Waals surface area contributed by atoms with E-state index in [2.05, 4.69) is 0 Å². The standard InChI is InChI=1S/C24H22ClFN2O3/c1-2-31-24(30)22-20(14-6-10-16(26)11-7-14)21-18(4-3-5-19(21)29)28(23(22)27)17-12-8-15(25)9-13-17/h6-13,20H,2-5,27H2,1H3/t20-/m1/s1. The number of rotatable bonds is 4. The lowest BCUT2D eigenvalue weighted by Crippen LogP contribution is -2.41. The van der Waals surface area contributed by atoms with Crippen LogP contribution in [0.5, 0.6) is 0 Å². The fraction of sp³-hybridized carbons (Fsp3) is 0.250. The number of benzene rings is 2. The third-order valence-corrected chi connectivity index (χ3v) is 5.83. The van der Waals surface area contributed by atoms with Gasteiger partial charge in [0, 0.05) is 28.4 Å². The van der Waals surface area contributed by atoms with E-state index >= 15 is 0 Å². The predicted molar refractivity (Wildman–Crippen MR) is 117 cm³/mol. The first kappa shape index (κ1) is 21.1. The molecular weight excluding hydrogens is 419 g/mol. The number of carbonyl (C=O) groups is 2. The van der Waals surface area contributed by atoms with Crippen LogP contribution in [-0.4, -0.2) is 18.4 Å². The lowest BCUT2D eigenvalue weighted by atomic mass is 9.75. The lowest BCUT2D eigenvalue weighted by molar-refractivity contribution is -0.138. The van der Waals surface area contributed by atoms with E-state index in [1.54, 1.807) is 48.2 Å². The van der Waals surface area contributed by atoms with Gasteiger partial charge >= 0.3 is 5.97 Å². The largest absolute Gasteiger partial charge is 0.463 e. The number of esters is 1. The summed E-state index contributed by atoms with van der Waals surface area (Å²) < 4.78 is 18.9. The molecule has 31 heavy (non-hydrogen) atoms. The number of allylic oxidation sites excluding steroid dienone is 2. The van der Waals surface area contributed by atoms with Gasteiger partial charge in [0.15, 0.2) is 5.78 Å². The van der Waals surface area contributed by atoms with E-state index in [1.165, 1.54) is 12.1 Å². The molecule has 0 saturated heterocycles. The highest BCUT2D eigenvalue weighted by atomic mass is 35.5. The highest BCUT2D eigenvalue weighted by molar-refractivity contribution is 6.30. The summed E-state index contributed by atoms with van der Waals surface area (Å²) in [7, 11) is 0. The van der Waals surface area contributed by atoms with Crippen molar-refractivity contribution in [2.24, 2.45) is 5.73 Å². The molecule has 0 amide bonds. The highest BCUT2D eigenvalue weighted by Gasteiger charge is 2.43. The Hall–Kier alpha value is -3.12. The molecule has 2 aliphatic rings.